The number of nitrogens with one attached hydrogen (secondary N) is 1. The fraction of sp³-hybridized carbons (Fsp3) is 0.385. The van der Waals surface area contributed by atoms with Crippen LogP contribution in [0.3, 0.4) is 0 Å². The van der Waals surface area contributed by atoms with Gasteiger partial charge in [-0.1, -0.05) is 11.3 Å². The van der Waals surface area contributed by atoms with Crippen molar-refractivity contribution in [3.05, 3.63) is 51.8 Å². The number of ether oxygens (including phenoxy) is 1. The molecule has 2 fully saturated rings. The van der Waals surface area contributed by atoms with Crippen LogP contribution in [0.25, 0.3) is 27.6 Å². The Hall–Kier alpha value is -4.15. The third-order valence-corrected chi connectivity index (χ3v) is 8.54. The van der Waals surface area contributed by atoms with E-state index in [1.807, 2.05) is 4.90 Å². The minimum atomic E-state index is -1.26. The molecular formula is C26H26F3N9O3S. The molecule has 7 rings (SSSR count). The number of piperazine rings is 1. The summed E-state index contributed by atoms with van der Waals surface area (Å²) in [6.07, 6.45) is -0.566. The van der Waals surface area contributed by atoms with Crippen molar-refractivity contribution in [2.75, 3.05) is 56.4 Å². The number of nitrogen functional groups attached to an aromatic ring is 1. The molecule has 16 heteroatoms. The Morgan fingerprint density at radius 1 is 1.10 bits per heavy atom. The van der Waals surface area contributed by atoms with Gasteiger partial charge in [0.2, 0.25) is 11.8 Å². The van der Waals surface area contributed by atoms with Gasteiger partial charge in [-0.2, -0.15) is 9.50 Å². The van der Waals surface area contributed by atoms with Crippen molar-refractivity contribution in [3.8, 4) is 17.3 Å². The zero-order valence-electron chi connectivity index (χ0n) is 22.2. The van der Waals surface area contributed by atoms with Gasteiger partial charge in [-0.3, -0.25) is 14.3 Å². The molecule has 0 amide bonds. The number of halogens is 3. The highest BCUT2D eigenvalue weighted by molar-refractivity contribution is 7.17. The second-order valence-corrected chi connectivity index (χ2v) is 11.1. The summed E-state index contributed by atoms with van der Waals surface area (Å²) in [6.45, 7) is 3.41. The van der Waals surface area contributed by atoms with Crippen LogP contribution in [0.4, 0.5) is 24.8 Å². The van der Waals surface area contributed by atoms with Crippen molar-refractivity contribution in [2.45, 2.75) is 18.8 Å². The highest BCUT2D eigenvalue weighted by atomic mass is 32.1. The lowest BCUT2D eigenvalue weighted by molar-refractivity contribution is 0.134. The monoisotopic (exact) mass is 601 g/mol. The Bertz CT molecular complexity index is 1810. The number of furan rings is 1. The van der Waals surface area contributed by atoms with Crippen LogP contribution in [0, 0.1) is 11.6 Å². The first-order valence-electron chi connectivity index (χ1n) is 13.4. The topological polar surface area (TPSA) is 132 Å². The summed E-state index contributed by atoms with van der Waals surface area (Å²) in [5.41, 5.74) is 7.23. The number of alkyl halides is 1. The van der Waals surface area contributed by atoms with Gasteiger partial charge in [-0.25, -0.2) is 18.2 Å². The molecule has 2 atom stereocenters. The predicted molar refractivity (Wildman–Crippen MR) is 150 cm³/mol. The van der Waals surface area contributed by atoms with E-state index >= 15 is 0 Å². The molecule has 2 saturated heterocycles. The number of anilines is 2. The molecule has 12 nitrogen and oxygen atoms in total. The summed E-state index contributed by atoms with van der Waals surface area (Å²) in [7, 11) is 0. The van der Waals surface area contributed by atoms with Crippen LogP contribution in [-0.2, 0) is 6.54 Å². The maximum Gasteiger partial charge on any atom is 0.309 e. The van der Waals surface area contributed by atoms with Crippen molar-refractivity contribution < 1.29 is 22.3 Å². The normalized spacial score (nSPS) is 19.8. The van der Waals surface area contributed by atoms with Crippen LogP contribution in [0.15, 0.2) is 39.7 Å². The van der Waals surface area contributed by atoms with E-state index in [0.29, 0.717) is 66.8 Å². The Morgan fingerprint density at radius 2 is 1.93 bits per heavy atom. The van der Waals surface area contributed by atoms with Gasteiger partial charge in [0.15, 0.2) is 34.8 Å². The Morgan fingerprint density at radius 3 is 2.67 bits per heavy atom. The van der Waals surface area contributed by atoms with Crippen molar-refractivity contribution in [2.24, 2.45) is 0 Å². The van der Waals surface area contributed by atoms with E-state index in [2.05, 4.69) is 25.3 Å². The first-order chi connectivity index (χ1) is 20.4. The lowest BCUT2D eigenvalue weighted by Gasteiger charge is -2.36. The van der Waals surface area contributed by atoms with Crippen LogP contribution in [0.2, 0.25) is 0 Å². The van der Waals surface area contributed by atoms with E-state index in [4.69, 9.17) is 14.9 Å². The minimum Gasteiger partial charge on any atom is -0.483 e. The summed E-state index contributed by atoms with van der Waals surface area (Å²) in [6, 6.07) is 5.55. The fourth-order valence-corrected chi connectivity index (χ4v) is 6.28. The van der Waals surface area contributed by atoms with E-state index < -0.39 is 23.9 Å². The number of rotatable bonds is 7. The van der Waals surface area contributed by atoms with Gasteiger partial charge in [-0.15, -0.1) is 5.10 Å². The van der Waals surface area contributed by atoms with Crippen LogP contribution >= 0.6 is 11.3 Å². The summed E-state index contributed by atoms with van der Waals surface area (Å²) in [4.78, 5) is 25.7. The third-order valence-electron chi connectivity index (χ3n) is 7.58. The number of benzene rings is 1. The van der Waals surface area contributed by atoms with Crippen LogP contribution in [-0.4, -0.2) is 87.1 Å². The average molecular weight is 602 g/mol. The van der Waals surface area contributed by atoms with Gasteiger partial charge in [-0.05, 0) is 12.1 Å². The zero-order valence-corrected chi connectivity index (χ0v) is 23.0. The lowest BCUT2D eigenvalue weighted by atomic mass is 10.2. The van der Waals surface area contributed by atoms with Gasteiger partial charge in [0.05, 0.1) is 12.0 Å². The number of thiazole rings is 1. The summed E-state index contributed by atoms with van der Waals surface area (Å²) >= 11 is 1.02. The Kier molecular flexibility index (Phi) is 6.74. The minimum absolute atomic E-state index is 0.0962. The maximum absolute atomic E-state index is 14.7. The van der Waals surface area contributed by atoms with Crippen LogP contribution < -0.4 is 25.6 Å². The molecule has 1 aromatic carbocycles. The predicted octanol–water partition coefficient (Wildman–Crippen LogP) is 2.13. The van der Waals surface area contributed by atoms with E-state index in [1.54, 1.807) is 16.7 Å². The Labute approximate surface area is 240 Å². The molecule has 2 aliphatic heterocycles. The third kappa shape index (κ3) is 4.74. The molecular weight excluding hydrogens is 575 g/mol. The van der Waals surface area contributed by atoms with Crippen LogP contribution in [0.1, 0.15) is 0 Å². The number of nitrogens with zero attached hydrogens (tertiary/aromatic N) is 7. The SMILES string of the molecule is Nc1nc2c(sc(=O)n2CCN2CCN(c3cc(O[C@@H]4CNC[C@@H]4F)c(F)cc3F)CC2)c2nc(-c3ccco3)nn12. The van der Waals surface area contributed by atoms with E-state index in [1.165, 1.54) is 16.8 Å². The van der Waals surface area contributed by atoms with E-state index in [0.717, 1.165) is 17.4 Å². The summed E-state index contributed by atoms with van der Waals surface area (Å²) in [5.74, 6) is -0.829. The Balaban J connectivity index is 1.04. The number of nitrogens with two attached hydrogens (primary N) is 1. The standard InChI is InChI=1S/C26H26F3N9O3S/c27-14-10-15(28)19(41-20-13-31-12-16(20)29)11-17(14)36-6-3-35(4-7-36)5-8-37-23-21(42-26(37)39)24-32-22(18-2-1-9-40-18)34-38(24)25(30)33-23/h1-2,9-11,16,20,31H,3-8,12-13H2,(H2,30,33)/t16-,20+/m0/s1. The van der Waals surface area contributed by atoms with Gasteiger partial charge < -0.3 is 25.1 Å². The second-order valence-electron chi connectivity index (χ2n) is 10.2. The number of aromatic nitrogens is 5. The summed E-state index contributed by atoms with van der Waals surface area (Å²) in [5, 5.41) is 7.23. The van der Waals surface area contributed by atoms with Gasteiger partial charge >= 0.3 is 4.87 Å². The molecule has 0 saturated carbocycles. The quantitative estimate of drug-likeness (QED) is 0.286. The molecule has 0 bridgehead atoms. The first-order valence-corrected chi connectivity index (χ1v) is 14.2. The van der Waals surface area contributed by atoms with Crippen molar-refractivity contribution in [1.29, 1.82) is 0 Å². The van der Waals surface area contributed by atoms with E-state index in [-0.39, 0.29) is 35.3 Å². The smallest absolute Gasteiger partial charge is 0.309 e. The van der Waals surface area contributed by atoms with Gasteiger partial charge in [0.1, 0.15) is 16.6 Å². The molecule has 5 aromatic rings. The van der Waals surface area contributed by atoms with Crippen molar-refractivity contribution >= 4 is 39.0 Å². The second kappa shape index (κ2) is 10.6. The maximum atomic E-state index is 14.7. The zero-order chi connectivity index (χ0) is 29.0. The fourth-order valence-electron chi connectivity index (χ4n) is 5.34. The first kappa shape index (κ1) is 26.7. The number of hydrogen-bond acceptors (Lipinski definition) is 11. The van der Waals surface area contributed by atoms with Gasteiger partial charge in [0, 0.05) is 64.5 Å². The molecule has 0 spiro atoms. The van der Waals surface area contributed by atoms with Gasteiger partial charge in [0.25, 0.3) is 0 Å². The number of fused-ring (bicyclic) bond motifs is 3. The van der Waals surface area contributed by atoms with E-state index in [9.17, 15) is 18.0 Å². The largest absolute Gasteiger partial charge is 0.483 e. The molecule has 0 radical (unpaired) electrons. The molecule has 2 aliphatic rings. The van der Waals surface area contributed by atoms with Crippen molar-refractivity contribution in [3.63, 3.8) is 0 Å². The molecule has 6 heterocycles. The molecule has 42 heavy (non-hydrogen) atoms. The molecule has 0 unspecified atom stereocenters. The lowest BCUT2D eigenvalue weighted by Crippen LogP contribution is -2.47. The highest BCUT2D eigenvalue weighted by Gasteiger charge is 2.30. The average Bonchev–Trinajstić information content (AvgIpc) is 3.77. The number of hydrogen-bond donors (Lipinski definition) is 2. The molecule has 220 valence electrons. The van der Waals surface area contributed by atoms with Crippen LogP contribution in [0.5, 0.6) is 5.75 Å². The summed E-state index contributed by atoms with van der Waals surface area (Å²) < 4.78 is 57.6. The van der Waals surface area contributed by atoms with Crippen molar-refractivity contribution in [1.82, 2.24) is 34.4 Å². The highest BCUT2D eigenvalue weighted by Crippen LogP contribution is 2.31. The molecule has 3 N–H and O–H groups in total. The molecule has 4 aromatic heterocycles. The molecule has 0 aliphatic carbocycles.